The van der Waals surface area contributed by atoms with Crippen LogP contribution in [0.25, 0.3) is 0 Å². The zero-order valence-electron chi connectivity index (χ0n) is 19.0. The van der Waals surface area contributed by atoms with E-state index in [0.717, 1.165) is 36.9 Å². The van der Waals surface area contributed by atoms with Gasteiger partial charge < -0.3 is 15.0 Å². The summed E-state index contributed by atoms with van der Waals surface area (Å²) in [5.41, 5.74) is 2.36. The van der Waals surface area contributed by atoms with Gasteiger partial charge in [-0.3, -0.25) is 4.79 Å². The van der Waals surface area contributed by atoms with Gasteiger partial charge in [-0.05, 0) is 67.6 Å². The van der Waals surface area contributed by atoms with Crippen molar-refractivity contribution in [1.82, 2.24) is 4.31 Å². The molecule has 2 aromatic rings. The highest BCUT2D eigenvalue weighted by molar-refractivity contribution is 7.89. The molecular formula is C24H30ClN3O4S. The van der Waals surface area contributed by atoms with Gasteiger partial charge in [0.2, 0.25) is 15.9 Å². The maximum Gasteiger partial charge on any atom is 0.243 e. The first-order valence-corrected chi connectivity index (χ1v) is 13.0. The first kappa shape index (κ1) is 24.0. The quantitative estimate of drug-likeness (QED) is 0.570. The third kappa shape index (κ3) is 5.87. The number of halogens is 1. The van der Waals surface area contributed by atoms with E-state index in [-0.39, 0.29) is 35.9 Å². The van der Waals surface area contributed by atoms with Crippen LogP contribution in [0, 0.1) is 5.92 Å². The molecule has 0 spiro atoms. The minimum Gasteiger partial charge on any atom is -0.377 e. The number of ether oxygens (including phenoxy) is 1. The highest BCUT2D eigenvalue weighted by Crippen LogP contribution is 2.32. The fraction of sp³-hybridized carbons (Fsp3) is 0.458. The number of nitrogens with one attached hydrogen (secondary N) is 1. The van der Waals surface area contributed by atoms with E-state index in [9.17, 15) is 13.2 Å². The van der Waals surface area contributed by atoms with Gasteiger partial charge in [0.15, 0.2) is 0 Å². The van der Waals surface area contributed by atoms with Gasteiger partial charge in [-0.15, -0.1) is 0 Å². The fourth-order valence-corrected chi connectivity index (χ4v) is 5.80. The summed E-state index contributed by atoms with van der Waals surface area (Å²) in [6.07, 6.45) is 3.42. The number of sulfonamides is 1. The average molecular weight is 492 g/mol. The predicted octanol–water partition coefficient (Wildman–Crippen LogP) is 4.12. The van der Waals surface area contributed by atoms with E-state index >= 15 is 0 Å². The van der Waals surface area contributed by atoms with Crippen molar-refractivity contribution >= 4 is 38.9 Å². The van der Waals surface area contributed by atoms with Gasteiger partial charge in [-0.25, -0.2) is 8.42 Å². The predicted molar refractivity (Wildman–Crippen MR) is 130 cm³/mol. The summed E-state index contributed by atoms with van der Waals surface area (Å²) in [6, 6.07) is 12.0. The SMILES string of the molecule is CN(C)c1ccc(NC(=O)C2CC2)cc1CN(CC1CCCO1)S(=O)(=O)c1cccc(Cl)c1. The fourth-order valence-electron chi connectivity index (χ4n) is 4.05. The number of nitrogens with zero attached hydrogens (tertiary/aromatic N) is 2. The molecule has 2 aromatic carbocycles. The molecule has 1 unspecified atom stereocenters. The summed E-state index contributed by atoms with van der Waals surface area (Å²) in [7, 11) is -0.000284. The lowest BCUT2D eigenvalue weighted by Crippen LogP contribution is -2.37. The van der Waals surface area contributed by atoms with Crippen LogP contribution in [0.15, 0.2) is 47.4 Å². The topological polar surface area (TPSA) is 79.0 Å². The van der Waals surface area contributed by atoms with Crippen molar-refractivity contribution in [2.24, 2.45) is 5.92 Å². The normalized spacial score (nSPS) is 18.5. The number of amides is 1. The molecule has 1 saturated carbocycles. The van der Waals surface area contributed by atoms with Gasteiger partial charge >= 0.3 is 0 Å². The molecule has 1 aliphatic carbocycles. The molecule has 33 heavy (non-hydrogen) atoms. The molecule has 2 aliphatic rings. The number of hydrogen-bond acceptors (Lipinski definition) is 5. The van der Waals surface area contributed by atoms with Crippen molar-refractivity contribution in [2.45, 2.75) is 43.2 Å². The number of carbonyl (C=O) groups excluding carboxylic acids is 1. The van der Waals surface area contributed by atoms with Crippen LogP contribution < -0.4 is 10.2 Å². The molecule has 1 amide bonds. The zero-order chi connectivity index (χ0) is 23.6. The summed E-state index contributed by atoms with van der Waals surface area (Å²) < 4.78 is 34.5. The Hall–Kier alpha value is -2.13. The van der Waals surface area contributed by atoms with Crippen LogP contribution in [0.4, 0.5) is 11.4 Å². The van der Waals surface area contributed by atoms with Crippen molar-refractivity contribution in [3.63, 3.8) is 0 Å². The second kappa shape index (κ2) is 10.0. The number of benzene rings is 2. The van der Waals surface area contributed by atoms with Crippen LogP contribution in [0.2, 0.25) is 5.02 Å². The maximum atomic E-state index is 13.6. The van der Waals surface area contributed by atoms with Crippen LogP contribution in [0.3, 0.4) is 0 Å². The van der Waals surface area contributed by atoms with Crippen molar-refractivity contribution in [1.29, 1.82) is 0 Å². The Balaban J connectivity index is 1.67. The maximum absolute atomic E-state index is 13.6. The van der Waals surface area contributed by atoms with Crippen molar-refractivity contribution in [3.05, 3.63) is 53.1 Å². The van der Waals surface area contributed by atoms with Crippen molar-refractivity contribution in [3.8, 4) is 0 Å². The van der Waals surface area contributed by atoms with Crippen LogP contribution in [-0.4, -0.2) is 52.0 Å². The molecule has 2 fully saturated rings. The van der Waals surface area contributed by atoms with Crippen LogP contribution in [-0.2, 0) is 26.1 Å². The van der Waals surface area contributed by atoms with Crippen molar-refractivity contribution in [2.75, 3.05) is 37.5 Å². The number of carbonyl (C=O) groups is 1. The molecule has 1 N–H and O–H groups in total. The Labute approximate surface area is 200 Å². The van der Waals surface area contributed by atoms with Gasteiger partial charge in [-0.1, -0.05) is 17.7 Å². The van der Waals surface area contributed by atoms with Gasteiger partial charge in [0, 0.05) is 56.1 Å². The van der Waals surface area contributed by atoms with Crippen LogP contribution in [0.5, 0.6) is 0 Å². The highest BCUT2D eigenvalue weighted by Gasteiger charge is 2.31. The number of anilines is 2. The van der Waals surface area contributed by atoms with E-state index in [1.807, 2.05) is 37.2 Å². The molecule has 0 radical (unpaired) electrons. The molecule has 1 atom stereocenters. The molecular weight excluding hydrogens is 462 g/mol. The summed E-state index contributed by atoms with van der Waals surface area (Å²) in [4.78, 5) is 14.4. The minimum absolute atomic E-state index is 0.0151. The molecule has 4 rings (SSSR count). The largest absolute Gasteiger partial charge is 0.377 e. The Morgan fingerprint density at radius 1 is 1.15 bits per heavy atom. The lowest BCUT2D eigenvalue weighted by Gasteiger charge is -2.27. The summed E-state index contributed by atoms with van der Waals surface area (Å²) in [5, 5.41) is 3.33. The van der Waals surface area contributed by atoms with Crippen molar-refractivity contribution < 1.29 is 17.9 Å². The summed E-state index contributed by atoms with van der Waals surface area (Å²) >= 11 is 6.10. The Morgan fingerprint density at radius 3 is 2.58 bits per heavy atom. The van der Waals surface area contributed by atoms with Gasteiger partial charge in [0.1, 0.15) is 0 Å². The van der Waals surface area contributed by atoms with E-state index in [0.29, 0.717) is 17.3 Å². The second-order valence-corrected chi connectivity index (χ2v) is 11.3. The van der Waals surface area contributed by atoms with E-state index in [1.54, 1.807) is 18.2 Å². The highest BCUT2D eigenvalue weighted by atomic mass is 35.5. The van der Waals surface area contributed by atoms with E-state index < -0.39 is 10.0 Å². The Bertz CT molecular complexity index is 1110. The first-order chi connectivity index (χ1) is 15.7. The molecule has 0 aromatic heterocycles. The molecule has 1 saturated heterocycles. The van der Waals surface area contributed by atoms with Gasteiger partial charge in [0.25, 0.3) is 0 Å². The Kier molecular flexibility index (Phi) is 7.28. The monoisotopic (exact) mass is 491 g/mol. The lowest BCUT2D eigenvalue weighted by atomic mass is 10.1. The Morgan fingerprint density at radius 2 is 1.94 bits per heavy atom. The third-order valence-electron chi connectivity index (χ3n) is 5.99. The van der Waals surface area contributed by atoms with E-state index in [1.165, 1.54) is 10.4 Å². The molecule has 7 nitrogen and oxygen atoms in total. The molecule has 0 bridgehead atoms. The second-order valence-electron chi connectivity index (χ2n) is 8.89. The average Bonchev–Trinajstić information content (AvgIpc) is 3.50. The summed E-state index contributed by atoms with van der Waals surface area (Å²) in [5.74, 6) is 0.0995. The molecule has 178 valence electrons. The first-order valence-electron chi connectivity index (χ1n) is 11.2. The van der Waals surface area contributed by atoms with Gasteiger partial charge in [0.05, 0.1) is 11.0 Å². The minimum atomic E-state index is -3.83. The standard InChI is InChI=1S/C24H30ClN3O4S/c1-27(2)23-11-10-20(26-24(29)17-8-9-17)13-18(23)15-28(16-21-6-4-12-32-21)33(30,31)22-7-3-5-19(25)14-22/h3,5,7,10-11,13-14,17,21H,4,6,8-9,12,15-16H2,1-2H3,(H,26,29). The number of rotatable bonds is 9. The summed E-state index contributed by atoms with van der Waals surface area (Å²) in [6.45, 7) is 1.04. The molecule has 1 heterocycles. The van der Waals surface area contributed by atoms with E-state index in [4.69, 9.17) is 16.3 Å². The van der Waals surface area contributed by atoms with Crippen LogP contribution in [0.1, 0.15) is 31.2 Å². The van der Waals surface area contributed by atoms with Gasteiger partial charge in [-0.2, -0.15) is 4.31 Å². The smallest absolute Gasteiger partial charge is 0.243 e. The number of hydrogen-bond donors (Lipinski definition) is 1. The third-order valence-corrected chi connectivity index (χ3v) is 8.03. The molecule has 9 heteroatoms. The van der Waals surface area contributed by atoms with Crippen LogP contribution >= 0.6 is 11.6 Å². The molecule has 1 aliphatic heterocycles. The lowest BCUT2D eigenvalue weighted by molar-refractivity contribution is -0.117. The zero-order valence-corrected chi connectivity index (χ0v) is 20.5. The van der Waals surface area contributed by atoms with E-state index in [2.05, 4.69) is 5.32 Å².